The summed E-state index contributed by atoms with van der Waals surface area (Å²) < 4.78 is 0. The lowest BCUT2D eigenvalue weighted by molar-refractivity contribution is 0.255. The number of benzene rings is 1. The third kappa shape index (κ3) is 2.71. The monoisotopic (exact) mass is 377 g/mol. The second-order valence-electron chi connectivity index (χ2n) is 6.01. The molecule has 1 fully saturated rings. The molecule has 1 aromatic heterocycles. The van der Waals surface area contributed by atoms with E-state index in [0.717, 1.165) is 28.6 Å². The van der Waals surface area contributed by atoms with Crippen LogP contribution in [0.5, 0.6) is 0 Å². The number of fused-ring (bicyclic) bond motifs is 1. The lowest BCUT2D eigenvalue weighted by Crippen LogP contribution is -2.35. The Kier molecular flexibility index (Phi) is 4.46. The van der Waals surface area contributed by atoms with Gasteiger partial charge in [-0.05, 0) is 36.2 Å². The molecular weight excluding hydrogens is 361 g/mol. The second-order valence-corrected chi connectivity index (χ2v) is 7.81. The van der Waals surface area contributed by atoms with Crippen molar-refractivity contribution in [2.45, 2.75) is 31.5 Å². The van der Waals surface area contributed by atoms with Crippen molar-refractivity contribution in [3.63, 3.8) is 0 Å². The lowest BCUT2D eigenvalue weighted by Gasteiger charge is -2.32. The summed E-state index contributed by atoms with van der Waals surface area (Å²) >= 11 is 14.2. The molecule has 2 aliphatic heterocycles. The van der Waals surface area contributed by atoms with Gasteiger partial charge in [-0.25, -0.2) is 0 Å². The van der Waals surface area contributed by atoms with Gasteiger partial charge in [0.15, 0.2) is 5.17 Å². The van der Waals surface area contributed by atoms with Crippen LogP contribution in [0.2, 0.25) is 10.0 Å². The van der Waals surface area contributed by atoms with Crippen LogP contribution in [0.25, 0.3) is 0 Å². The van der Waals surface area contributed by atoms with Crippen LogP contribution in [0.15, 0.2) is 47.6 Å². The second kappa shape index (κ2) is 6.58. The van der Waals surface area contributed by atoms with Gasteiger partial charge in [0.25, 0.3) is 0 Å². The molecule has 0 bridgehead atoms. The number of aromatic nitrogens is 1. The van der Waals surface area contributed by atoms with Gasteiger partial charge >= 0.3 is 0 Å². The summed E-state index contributed by atoms with van der Waals surface area (Å²) in [7, 11) is 0. The fourth-order valence-corrected chi connectivity index (χ4v) is 5.05. The van der Waals surface area contributed by atoms with Gasteiger partial charge in [-0.2, -0.15) is 0 Å². The molecule has 3 nitrogen and oxygen atoms in total. The number of halogens is 2. The fourth-order valence-electron chi connectivity index (χ4n) is 3.41. The van der Waals surface area contributed by atoms with Gasteiger partial charge < -0.3 is 4.90 Å². The Balaban J connectivity index is 1.80. The van der Waals surface area contributed by atoms with Crippen molar-refractivity contribution in [3.8, 4) is 0 Å². The van der Waals surface area contributed by atoms with Crippen LogP contribution in [-0.2, 0) is 0 Å². The van der Waals surface area contributed by atoms with Gasteiger partial charge in [0.2, 0.25) is 0 Å². The van der Waals surface area contributed by atoms with Crippen molar-refractivity contribution in [1.82, 2.24) is 9.88 Å². The number of pyridine rings is 1. The molecule has 0 N–H and O–H groups in total. The molecule has 0 aliphatic carbocycles. The molecule has 2 aromatic rings. The molecule has 0 radical (unpaired) electrons. The number of hydrogen-bond acceptors (Lipinski definition) is 4. The van der Waals surface area contributed by atoms with Crippen LogP contribution in [0.3, 0.4) is 0 Å². The van der Waals surface area contributed by atoms with E-state index >= 15 is 0 Å². The molecule has 6 heteroatoms. The molecule has 24 heavy (non-hydrogen) atoms. The Morgan fingerprint density at radius 3 is 2.79 bits per heavy atom. The van der Waals surface area contributed by atoms with Gasteiger partial charge in [0.1, 0.15) is 6.04 Å². The SMILES string of the molecule is CC[C@@H]1CSC2=N[C@H](c3ccccn3)[C@@H](c3ccc(Cl)c(Cl)c3)N21. The summed E-state index contributed by atoms with van der Waals surface area (Å²) in [4.78, 5) is 12.0. The Morgan fingerprint density at radius 1 is 1.21 bits per heavy atom. The number of hydrogen-bond donors (Lipinski definition) is 0. The van der Waals surface area contributed by atoms with Crippen molar-refractivity contribution >= 4 is 40.1 Å². The van der Waals surface area contributed by atoms with Crippen LogP contribution < -0.4 is 0 Å². The predicted molar refractivity (Wildman–Crippen MR) is 102 cm³/mol. The van der Waals surface area contributed by atoms with E-state index in [1.54, 1.807) is 0 Å². The smallest absolute Gasteiger partial charge is 0.160 e. The van der Waals surface area contributed by atoms with Gasteiger partial charge in [-0.1, -0.05) is 54.0 Å². The van der Waals surface area contributed by atoms with Gasteiger partial charge in [0.05, 0.1) is 21.8 Å². The van der Waals surface area contributed by atoms with E-state index in [1.807, 2.05) is 48.3 Å². The van der Waals surface area contributed by atoms with Gasteiger partial charge in [0, 0.05) is 18.0 Å². The summed E-state index contributed by atoms with van der Waals surface area (Å²) in [6, 6.07) is 12.5. The quantitative estimate of drug-likeness (QED) is 0.719. The van der Waals surface area contributed by atoms with E-state index in [-0.39, 0.29) is 12.1 Å². The number of amidine groups is 1. The van der Waals surface area contributed by atoms with E-state index in [1.165, 1.54) is 0 Å². The summed E-state index contributed by atoms with van der Waals surface area (Å²) in [6.07, 6.45) is 2.92. The van der Waals surface area contributed by atoms with E-state index in [0.29, 0.717) is 16.1 Å². The first kappa shape index (κ1) is 16.2. The fraction of sp³-hybridized carbons (Fsp3) is 0.333. The van der Waals surface area contributed by atoms with E-state index in [9.17, 15) is 0 Å². The highest BCUT2D eigenvalue weighted by Crippen LogP contribution is 2.49. The molecule has 124 valence electrons. The minimum atomic E-state index is -0.0136. The average molecular weight is 378 g/mol. The summed E-state index contributed by atoms with van der Waals surface area (Å²) in [5.41, 5.74) is 2.13. The molecular formula is C18H17Cl2N3S. The van der Waals surface area contributed by atoms with Crippen LogP contribution >= 0.6 is 35.0 Å². The molecule has 3 heterocycles. The van der Waals surface area contributed by atoms with Crippen molar-refractivity contribution in [3.05, 3.63) is 63.9 Å². The van der Waals surface area contributed by atoms with Crippen LogP contribution in [0.4, 0.5) is 0 Å². The molecule has 0 unspecified atom stereocenters. The summed E-state index contributed by atoms with van der Waals surface area (Å²) in [5.74, 6) is 1.09. The van der Waals surface area contributed by atoms with Crippen molar-refractivity contribution in [2.24, 2.45) is 4.99 Å². The van der Waals surface area contributed by atoms with E-state index in [2.05, 4.69) is 22.9 Å². The summed E-state index contributed by atoms with van der Waals surface area (Å²) in [5, 5.41) is 2.28. The Morgan fingerprint density at radius 2 is 2.08 bits per heavy atom. The highest BCUT2D eigenvalue weighted by Gasteiger charge is 2.45. The topological polar surface area (TPSA) is 28.5 Å². The molecule has 2 aliphatic rings. The van der Waals surface area contributed by atoms with Crippen LogP contribution in [0, 0.1) is 0 Å². The number of thioether (sulfide) groups is 1. The minimum Gasteiger partial charge on any atom is -0.338 e. The normalized spacial score (nSPS) is 25.7. The minimum absolute atomic E-state index is 0.0136. The molecule has 1 saturated heterocycles. The predicted octanol–water partition coefficient (Wildman–Crippen LogP) is 5.37. The Labute approximate surface area is 156 Å². The zero-order chi connectivity index (χ0) is 16.7. The Hall–Kier alpha value is -1.23. The largest absolute Gasteiger partial charge is 0.338 e. The zero-order valence-electron chi connectivity index (χ0n) is 13.2. The number of nitrogens with zero attached hydrogens (tertiary/aromatic N) is 3. The van der Waals surface area contributed by atoms with Crippen LogP contribution in [0.1, 0.15) is 36.7 Å². The molecule has 0 amide bonds. The molecule has 3 atom stereocenters. The first-order chi connectivity index (χ1) is 11.7. The van der Waals surface area contributed by atoms with Crippen molar-refractivity contribution < 1.29 is 0 Å². The van der Waals surface area contributed by atoms with E-state index < -0.39 is 0 Å². The maximum atomic E-state index is 6.29. The highest BCUT2D eigenvalue weighted by molar-refractivity contribution is 8.14. The standard InChI is InChI=1S/C18H17Cl2N3S/c1-2-12-10-24-18-22-16(15-5-3-4-8-21-15)17(23(12)18)11-6-7-13(19)14(20)9-11/h3-9,12,16-17H,2,10H2,1H3/t12-,16-,17-/m1/s1. The zero-order valence-corrected chi connectivity index (χ0v) is 15.5. The average Bonchev–Trinajstić information content (AvgIpc) is 3.17. The highest BCUT2D eigenvalue weighted by atomic mass is 35.5. The summed E-state index contributed by atoms with van der Waals surface area (Å²) in [6.45, 7) is 2.23. The number of aliphatic imine (C=N–C) groups is 1. The molecule has 0 saturated carbocycles. The maximum absolute atomic E-state index is 6.29. The Bertz CT molecular complexity index is 781. The molecule has 0 spiro atoms. The third-order valence-corrected chi connectivity index (χ3v) is 6.48. The molecule has 4 rings (SSSR count). The van der Waals surface area contributed by atoms with Crippen LogP contribution in [-0.4, -0.2) is 26.8 Å². The van der Waals surface area contributed by atoms with Crippen molar-refractivity contribution in [2.75, 3.05) is 5.75 Å². The first-order valence-electron chi connectivity index (χ1n) is 8.04. The van der Waals surface area contributed by atoms with E-state index in [4.69, 9.17) is 28.2 Å². The maximum Gasteiger partial charge on any atom is 0.160 e. The van der Waals surface area contributed by atoms with Crippen molar-refractivity contribution in [1.29, 1.82) is 0 Å². The lowest BCUT2D eigenvalue weighted by atomic mass is 9.95. The molecule has 1 aromatic carbocycles. The first-order valence-corrected chi connectivity index (χ1v) is 9.78. The third-order valence-electron chi connectivity index (χ3n) is 4.61. The van der Waals surface area contributed by atoms with Gasteiger partial charge in [-0.3, -0.25) is 9.98 Å². The van der Waals surface area contributed by atoms with Gasteiger partial charge in [-0.15, -0.1) is 0 Å². The number of rotatable bonds is 3.